The topological polar surface area (TPSA) is 84.5 Å². The predicted molar refractivity (Wildman–Crippen MR) is 98.4 cm³/mol. The Balaban J connectivity index is 1.93. The molecule has 2 aromatic carbocycles. The number of carbonyl (C=O) groups is 3. The minimum absolute atomic E-state index is 0.176. The number of benzene rings is 2. The molecule has 0 saturated carbocycles. The van der Waals surface area contributed by atoms with E-state index in [0.29, 0.717) is 16.9 Å². The highest BCUT2D eigenvalue weighted by Crippen LogP contribution is 2.15. The van der Waals surface area contributed by atoms with Crippen molar-refractivity contribution in [2.75, 3.05) is 10.6 Å². The fraction of sp³-hybridized carbons (Fsp3) is 0.167. The number of esters is 1. The molecule has 0 fully saturated rings. The quantitative estimate of drug-likeness (QED) is 0.745. The molecule has 0 spiro atoms. The number of carbonyl (C=O) groups excluding carboxylic acids is 3. The Labute approximate surface area is 153 Å². The maximum absolute atomic E-state index is 12.1. The second kappa shape index (κ2) is 8.43. The molecule has 130 valence electrons. The van der Waals surface area contributed by atoms with Crippen LogP contribution in [0.1, 0.15) is 24.2 Å². The summed E-state index contributed by atoms with van der Waals surface area (Å²) < 4.78 is 5.92. The molecule has 2 rings (SSSR count). The molecule has 0 heterocycles. The molecule has 0 bridgehead atoms. The third kappa shape index (κ3) is 5.72. The van der Waals surface area contributed by atoms with Crippen LogP contribution in [0, 0.1) is 0 Å². The number of amides is 2. The summed E-state index contributed by atoms with van der Waals surface area (Å²) in [5.74, 6) is -1.20. The highest BCUT2D eigenvalue weighted by molar-refractivity contribution is 9.10. The first-order valence-corrected chi connectivity index (χ1v) is 8.29. The van der Waals surface area contributed by atoms with Gasteiger partial charge in [0, 0.05) is 22.8 Å². The summed E-state index contributed by atoms with van der Waals surface area (Å²) in [6.07, 6.45) is -0.957. The molecule has 7 heteroatoms. The van der Waals surface area contributed by atoms with E-state index in [-0.39, 0.29) is 5.91 Å². The second-order valence-electron chi connectivity index (χ2n) is 5.31. The van der Waals surface area contributed by atoms with Crippen LogP contribution in [-0.4, -0.2) is 23.9 Å². The van der Waals surface area contributed by atoms with Gasteiger partial charge in [0.2, 0.25) is 5.91 Å². The molecule has 6 nitrogen and oxygen atoms in total. The second-order valence-corrected chi connectivity index (χ2v) is 6.22. The molecule has 0 aliphatic carbocycles. The van der Waals surface area contributed by atoms with Crippen molar-refractivity contribution in [3.05, 3.63) is 58.6 Å². The number of halogens is 1. The first kappa shape index (κ1) is 18.7. The van der Waals surface area contributed by atoms with Gasteiger partial charge in [-0.2, -0.15) is 0 Å². The molecule has 0 aliphatic rings. The lowest BCUT2D eigenvalue weighted by Crippen LogP contribution is -2.30. The van der Waals surface area contributed by atoms with E-state index in [4.69, 9.17) is 4.74 Å². The van der Waals surface area contributed by atoms with Crippen molar-refractivity contribution in [1.82, 2.24) is 0 Å². The van der Waals surface area contributed by atoms with Crippen molar-refractivity contribution in [2.24, 2.45) is 0 Å². The van der Waals surface area contributed by atoms with E-state index in [0.717, 1.165) is 4.47 Å². The number of rotatable bonds is 5. The molecular formula is C18H17BrN2O4. The van der Waals surface area contributed by atoms with Crippen molar-refractivity contribution in [3.63, 3.8) is 0 Å². The van der Waals surface area contributed by atoms with Crippen molar-refractivity contribution in [1.29, 1.82) is 0 Å². The van der Waals surface area contributed by atoms with Gasteiger partial charge < -0.3 is 15.4 Å². The Bertz CT molecular complexity index is 790. The number of nitrogens with one attached hydrogen (secondary N) is 2. The fourth-order valence-electron chi connectivity index (χ4n) is 1.98. The van der Waals surface area contributed by atoms with Crippen molar-refractivity contribution in [3.8, 4) is 0 Å². The Morgan fingerprint density at radius 2 is 1.60 bits per heavy atom. The van der Waals surface area contributed by atoms with Crippen molar-refractivity contribution >= 4 is 45.1 Å². The van der Waals surface area contributed by atoms with Crippen LogP contribution in [0.15, 0.2) is 53.0 Å². The van der Waals surface area contributed by atoms with E-state index in [9.17, 15) is 14.4 Å². The van der Waals surface area contributed by atoms with Gasteiger partial charge in [-0.15, -0.1) is 0 Å². The van der Waals surface area contributed by atoms with Gasteiger partial charge in [0.1, 0.15) is 0 Å². The van der Waals surface area contributed by atoms with Crippen LogP contribution in [0.4, 0.5) is 11.4 Å². The molecular weight excluding hydrogens is 388 g/mol. The molecule has 25 heavy (non-hydrogen) atoms. The van der Waals surface area contributed by atoms with Crippen molar-refractivity contribution in [2.45, 2.75) is 20.0 Å². The van der Waals surface area contributed by atoms with E-state index in [1.807, 2.05) is 0 Å². The molecule has 0 unspecified atom stereocenters. The van der Waals surface area contributed by atoms with E-state index in [1.54, 1.807) is 48.5 Å². The van der Waals surface area contributed by atoms with Crippen LogP contribution in [-0.2, 0) is 14.3 Å². The monoisotopic (exact) mass is 404 g/mol. The molecule has 1 atom stereocenters. The summed E-state index contributed by atoms with van der Waals surface area (Å²) in [6, 6.07) is 13.3. The van der Waals surface area contributed by atoms with Crippen LogP contribution in [0.2, 0.25) is 0 Å². The van der Waals surface area contributed by atoms with Crippen molar-refractivity contribution < 1.29 is 19.1 Å². The molecule has 0 saturated heterocycles. The maximum Gasteiger partial charge on any atom is 0.338 e. The molecule has 0 aliphatic heterocycles. The molecule has 2 aromatic rings. The summed E-state index contributed by atoms with van der Waals surface area (Å²) in [4.78, 5) is 35.2. The number of anilines is 2. The normalized spacial score (nSPS) is 11.3. The molecule has 2 N–H and O–H groups in total. The molecule has 0 aromatic heterocycles. The zero-order valence-electron chi connectivity index (χ0n) is 13.7. The third-order valence-corrected chi connectivity index (χ3v) is 3.68. The van der Waals surface area contributed by atoms with Gasteiger partial charge in [-0.3, -0.25) is 9.59 Å². The maximum atomic E-state index is 12.1. The van der Waals surface area contributed by atoms with E-state index < -0.39 is 18.0 Å². The summed E-state index contributed by atoms with van der Waals surface area (Å²) in [6.45, 7) is 2.91. The van der Waals surface area contributed by atoms with E-state index in [1.165, 1.54) is 13.8 Å². The highest BCUT2D eigenvalue weighted by Gasteiger charge is 2.19. The summed E-state index contributed by atoms with van der Waals surface area (Å²) in [5, 5.41) is 5.28. The van der Waals surface area contributed by atoms with Crippen LogP contribution in [0.5, 0.6) is 0 Å². The van der Waals surface area contributed by atoms with Gasteiger partial charge >= 0.3 is 5.97 Å². The van der Waals surface area contributed by atoms with E-state index >= 15 is 0 Å². The smallest absolute Gasteiger partial charge is 0.338 e. The van der Waals surface area contributed by atoms with Gasteiger partial charge in [-0.25, -0.2) is 4.79 Å². The SMILES string of the molecule is CC(=O)Nc1ccc(NC(=O)[C@H](C)OC(=O)c2cccc(Br)c2)cc1. The summed E-state index contributed by atoms with van der Waals surface area (Å²) in [5.41, 5.74) is 1.51. The lowest BCUT2D eigenvalue weighted by atomic mass is 10.2. The van der Waals surface area contributed by atoms with Crippen LogP contribution < -0.4 is 10.6 Å². The predicted octanol–water partition coefficient (Wildman–Crippen LogP) is 3.59. The standard InChI is InChI=1S/C18H17BrN2O4/c1-11(25-18(24)13-4-3-5-14(19)10-13)17(23)21-16-8-6-15(7-9-16)20-12(2)22/h3-11H,1-2H3,(H,20,22)(H,21,23)/t11-/m0/s1. The van der Waals surface area contributed by atoms with Gasteiger partial charge in [-0.1, -0.05) is 22.0 Å². The first-order chi connectivity index (χ1) is 11.8. The average Bonchev–Trinajstić information content (AvgIpc) is 2.56. The van der Waals surface area contributed by atoms with Gasteiger partial charge in [0.15, 0.2) is 6.10 Å². The third-order valence-electron chi connectivity index (χ3n) is 3.19. The Morgan fingerprint density at radius 3 is 2.16 bits per heavy atom. The molecule has 0 radical (unpaired) electrons. The van der Waals surface area contributed by atoms with Crippen LogP contribution >= 0.6 is 15.9 Å². The van der Waals surface area contributed by atoms with E-state index in [2.05, 4.69) is 26.6 Å². The zero-order valence-corrected chi connectivity index (χ0v) is 15.3. The minimum atomic E-state index is -0.957. The van der Waals surface area contributed by atoms with Gasteiger partial charge in [0.05, 0.1) is 5.56 Å². The number of hydrogen-bond donors (Lipinski definition) is 2. The van der Waals surface area contributed by atoms with Crippen LogP contribution in [0.25, 0.3) is 0 Å². The fourth-order valence-corrected chi connectivity index (χ4v) is 2.38. The number of ether oxygens (including phenoxy) is 1. The Kier molecular flexibility index (Phi) is 6.30. The zero-order chi connectivity index (χ0) is 18.4. The first-order valence-electron chi connectivity index (χ1n) is 7.50. The van der Waals surface area contributed by atoms with Gasteiger partial charge in [0.25, 0.3) is 5.91 Å². The lowest BCUT2D eigenvalue weighted by Gasteiger charge is -2.14. The van der Waals surface area contributed by atoms with Gasteiger partial charge in [-0.05, 0) is 49.4 Å². The number of hydrogen-bond acceptors (Lipinski definition) is 4. The summed E-state index contributed by atoms with van der Waals surface area (Å²) >= 11 is 3.28. The Morgan fingerprint density at radius 1 is 1.00 bits per heavy atom. The van der Waals surface area contributed by atoms with Crippen LogP contribution in [0.3, 0.4) is 0 Å². The highest BCUT2D eigenvalue weighted by atomic mass is 79.9. The lowest BCUT2D eigenvalue weighted by molar-refractivity contribution is -0.123. The molecule has 2 amide bonds. The Hall–Kier alpha value is -2.67. The summed E-state index contributed by atoms with van der Waals surface area (Å²) in [7, 11) is 0. The average molecular weight is 405 g/mol. The largest absolute Gasteiger partial charge is 0.449 e. The minimum Gasteiger partial charge on any atom is -0.449 e.